The second-order valence-electron chi connectivity index (χ2n) is 3.05. The van der Waals surface area contributed by atoms with Gasteiger partial charge in [0.15, 0.2) is 0 Å². The van der Waals surface area contributed by atoms with Gasteiger partial charge in [-0.1, -0.05) is 0 Å². The van der Waals surface area contributed by atoms with Gasteiger partial charge in [-0.2, -0.15) is 0 Å². The Morgan fingerprint density at radius 1 is 1.36 bits per heavy atom. The van der Waals surface area contributed by atoms with Gasteiger partial charge >= 0.3 is 0 Å². The summed E-state index contributed by atoms with van der Waals surface area (Å²) in [6.45, 7) is -0.225. The van der Waals surface area contributed by atoms with E-state index < -0.39 is 0 Å². The van der Waals surface area contributed by atoms with Gasteiger partial charge in [0.1, 0.15) is 0 Å². The number of hydrogen-bond donors (Lipinski definition) is 0. The fourth-order valence-corrected chi connectivity index (χ4v) is 1.50. The van der Waals surface area contributed by atoms with Crippen LogP contribution < -0.4 is 0 Å². The van der Waals surface area contributed by atoms with Gasteiger partial charge in [0, 0.05) is 0 Å². The molecule has 1 rings (SSSR count). The van der Waals surface area contributed by atoms with Crippen molar-refractivity contribution in [3.63, 3.8) is 0 Å². The minimum atomic E-state index is -0.225. The molecule has 2 nitrogen and oxygen atoms in total. The van der Waals surface area contributed by atoms with E-state index in [1.165, 1.54) is 0 Å². The molecule has 11 heavy (non-hydrogen) atoms. The lowest BCUT2D eigenvalue weighted by molar-refractivity contribution is 0.264. The minimum absolute atomic E-state index is 0.121. The maximum atomic E-state index is 12.1. The summed E-state index contributed by atoms with van der Waals surface area (Å²) in [7, 11) is 0. The highest BCUT2D eigenvalue weighted by Gasteiger charge is 2.19. The van der Waals surface area contributed by atoms with Gasteiger partial charge in [0.25, 0.3) is 0 Å². The van der Waals surface area contributed by atoms with Crippen molar-refractivity contribution in [2.75, 3.05) is 6.67 Å². The summed E-state index contributed by atoms with van der Waals surface area (Å²) in [6, 6.07) is 0.121. The van der Waals surface area contributed by atoms with Crippen LogP contribution in [0.25, 0.3) is 0 Å². The molecular formula is C8H12FNO. The molecule has 0 aromatic rings. The van der Waals surface area contributed by atoms with Crippen molar-refractivity contribution in [3.05, 3.63) is 0 Å². The average Bonchev–Trinajstić information content (AvgIpc) is 2.07. The molecule has 0 amide bonds. The second kappa shape index (κ2) is 4.24. The molecule has 0 N–H and O–H groups in total. The van der Waals surface area contributed by atoms with Crippen molar-refractivity contribution in [1.29, 1.82) is 0 Å². The molecule has 0 unspecified atom stereocenters. The first-order chi connectivity index (χ1) is 5.36. The molecule has 0 atom stereocenters. The van der Waals surface area contributed by atoms with Crippen molar-refractivity contribution in [1.82, 2.24) is 0 Å². The molecule has 62 valence electrons. The summed E-state index contributed by atoms with van der Waals surface area (Å²) in [5, 5.41) is 0. The highest BCUT2D eigenvalue weighted by molar-refractivity contribution is 5.33. The zero-order chi connectivity index (χ0) is 8.10. The maximum Gasteiger partial charge on any atom is 0.235 e. The Bertz CT molecular complexity index is 157. The predicted molar refractivity (Wildman–Crippen MR) is 39.8 cm³/mol. The lowest BCUT2D eigenvalue weighted by Gasteiger charge is -2.22. The normalized spacial score (nSPS) is 31.0. The van der Waals surface area contributed by atoms with E-state index in [-0.39, 0.29) is 18.6 Å². The van der Waals surface area contributed by atoms with E-state index in [1.54, 1.807) is 6.08 Å². The molecule has 1 aliphatic carbocycles. The van der Waals surface area contributed by atoms with Crippen molar-refractivity contribution >= 4 is 6.08 Å². The highest BCUT2D eigenvalue weighted by Crippen LogP contribution is 2.25. The lowest BCUT2D eigenvalue weighted by atomic mass is 9.87. The van der Waals surface area contributed by atoms with Gasteiger partial charge in [-0.3, -0.25) is 4.39 Å². The van der Waals surface area contributed by atoms with Crippen LogP contribution >= 0.6 is 0 Å². The van der Waals surface area contributed by atoms with Crippen molar-refractivity contribution in [2.45, 2.75) is 31.7 Å². The third-order valence-electron chi connectivity index (χ3n) is 2.27. The molecule has 0 aromatic heterocycles. The third-order valence-corrected chi connectivity index (χ3v) is 2.27. The van der Waals surface area contributed by atoms with E-state index in [0.717, 1.165) is 25.7 Å². The van der Waals surface area contributed by atoms with Gasteiger partial charge < -0.3 is 0 Å². The quantitative estimate of drug-likeness (QED) is 0.444. The van der Waals surface area contributed by atoms with Crippen LogP contribution in [0.3, 0.4) is 0 Å². The number of isocyanates is 1. The predicted octanol–water partition coefficient (Wildman–Crippen LogP) is 1.85. The Labute approximate surface area is 65.5 Å². The number of aliphatic imine (C=N–C) groups is 1. The summed E-state index contributed by atoms with van der Waals surface area (Å²) in [5.41, 5.74) is 0. The Hall–Kier alpha value is -0.690. The molecule has 1 aliphatic rings. The minimum Gasteiger partial charge on any atom is -0.251 e. The van der Waals surface area contributed by atoms with Crippen LogP contribution in [0.4, 0.5) is 4.39 Å². The van der Waals surface area contributed by atoms with E-state index in [4.69, 9.17) is 0 Å². The van der Waals surface area contributed by atoms with Crippen LogP contribution in [-0.2, 0) is 4.79 Å². The van der Waals surface area contributed by atoms with Gasteiger partial charge in [-0.25, -0.2) is 9.79 Å². The van der Waals surface area contributed by atoms with E-state index in [0.29, 0.717) is 0 Å². The summed E-state index contributed by atoms with van der Waals surface area (Å²) < 4.78 is 12.1. The monoisotopic (exact) mass is 157 g/mol. The number of hydrogen-bond acceptors (Lipinski definition) is 2. The van der Waals surface area contributed by atoms with E-state index in [1.807, 2.05) is 0 Å². The summed E-state index contributed by atoms with van der Waals surface area (Å²) in [5.74, 6) is 0.216. The molecule has 0 heterocycles. The van der Waals surface area contributed by atoms with Crippen molar-refractivity contribution in [3.8, 4) is 0 Å². The molecule has 0 spiro atoms. The van der Waals surface area contributed by atoms with Crippen LogP contribution in [-0.4, -0.2) is 18.8 Å². The van der Waals surface area contributed by atoms with E-state index in [9.17, 15) is 9.18 Å². The lowest BCUT2D eigenvalue weighted by Crippen LogP contribution is -2.18. The Morgan fingerprint density at radius 2 is 2.00 bits per heavy atom. The Balaban J connectivity index is 2.29. The topological polar surface area (TPSA) is 29.4 Å². The first-order valence-electron chi connectivity index (χ1n) is 3.99. The summed E-state index contributed by atoms with van der Waals surface area (Å²) in [4.78, 5) is 13.5. The largest absolute Gasteiger partial charge is 0.251 e. The standard InChI is InChI=1S/C8H12FNO/c9-5-7-1-3-8(4-2-7)10-6-11/h7-8H,1-5H2. The molecule has 0 bridgehead atoms. The fourth-order valence-electron chi connectivity index (χ4n) is 1.50. The van der Waals surface area contributed by atoms with E-state index in [2.05, 4.69) is 4.99 Å². The van der Waals surface area contributed by atoms with Crippen LogP contribution in [0, 0.1) is 5.92 Å². The molecule has 0 saturated heterocycles. The maximum absolute atomic E-state index is 12.1. The smallest absolute Gasteiger partial charge is 0.235 e. The number of halogens is 1. The number of nitrogens with zero attached hydrogens (tertiary/aromatic N) is 1. The van der Waals surface area contributed by atoms with Crippen molar-refractivity contribution < 1.29 is 9.18 Å². The van der Waals surface area contributed by atoms with Crippen LogP contribution in [0.2, 0.25) is 0 Å². The van der Waals surface area contributed by atoms with Gasteiger partial charge in [0.05, 0.1) is 12.7 Å². The Kier molecular flexibility index (Phi) is 3.24. The molecule has 1 saturated carbocycles. The fraction of sp³-hybridized carbons (Fsp3) is 0.875. The first-order valence-corrected chi connectivity index (χ1v) is 3.99. The van der Waals surface area contributed by atoms with Crippen molar-refractivity contribution in [2.24, 2.45) is 10.9 Å². The SMILES string of the molecule is O=C=NC1CCC(CF)CC1. The highest BCUT2D eigenvalue weighted by atomic mass is 19.1. The molecule has 3 heteroatoms. The summed E-state index contributed by atoms with van der Waals surface area (Å²) >= 11 is 0. The van der Waals surface area contributed by atoms with Crippen LogP contribution in [0.1, 0.15) is 25.7 Å². The summed E-state index contributed by atoms with van der Waals surface area (Å²) in [6.07, 6.45) is 4.99. The Morgan fingerprint density at radius 3 is 2.45 bits per heavy atom. The molecule has 0 aliphatic heterocycles. The number of carbonyl (C=O) groups excluding carboxylic acids is 1. The average molecular weight is 157 g/mol. The zero-order valence-corrected chi connectivity index (χ0v) is 6.42. The number of alkyl halides is 1. The molecule has 0 radical (unpaired) electrons. The zero-order valence-electron chi connectivity index (χ0n) is 6.42. The molecule has 1 fully saturated rings. The molecule has 0 aromatic carbocycles. The molecular weight excluding hydrogens is 145 g/mol. The third kappa shape index (κ3) is 2.43. The van der Waals surface area contributed by atoms with Gasteiger partial charge in [-0.15, -0.1) is 0 Å². The first kappa shape index (κ1) is 8.41. The van der Waals surface area contributed by atoms with Gasteiger partial charge in [-0.05, 0) is 31.6 Å². The van der Waals surface area contributed by atoms with Crippen LogP contribution in [0.15, 0.2) is 4.99 Å². The van der Waals surface area contributed by atoms with Crippen LogP contribution in [0.5, 0.6) is 0 Å². The van der Waals surface area contributed by atoms with Gasteiger partial charge in [0.2, 0.25) is 6.08 Å². The number of rotatable bonds is 2. The van der Waals surface area contributed by atoms with E-state index >= 15 is 0 Å². The second-order valence-corrected chi connectivity index (χ2v) is 3.05.